The Morgan fingerprint density at radius 1 is 1.53 bits per heavy atom. The van der Waals surface area contributed by atoms with Gasteiger partial charge in [0.05, 0.1) is 31.9 Å². The minimum absolute atomic E-state index is 0.00917. The third kappa shape index (κ3) is 2.06. The van der Waals surface area contributed by atoms with E-state index >= 15 is 0 Å². The second-order valence-electron chi connectivity index (χ2n) is 3.47. The molecule has 1 heterocycles. The average molecular weight is 209 g/mol. The van der Waals surface area contributed by atoms with Gasteiger partial charge in [-0.05, 0) is 12.1 Å². The Bertz CT molecular complexity index is 335. The van der Waals surface area contributed by atoms with Gasteiger partial charge in [0.2, 0.25) is 0 Å². The summed E-state index contributed by atoms with van der Waals surface area (Å²) in [6.45, 7) is 2.07. The van der Waals surface area contributed by atoms with Crippen LogP contribution in [0, 0.1) is 0 Å². The fourth-order valence-electron chi connectivity index (χ4n) is 1.81. The molecule has 15 heavy (non-hydrogen) atoms. The van der Waals surface area contributed by atoms with Crippen LogP contribution < -0.4 is 10.1 Å². The first-order valence-electron chi connectivity index (χ1n) is 5.00. The summed E-state index contributed by atoms with van der Waals surface area (Å²) in [5, 5.41) is 13.1. The molecule has 0 unspecified atom stereocenters. The van der Waals surface area contributed by atoms with Gasteiger partial charge in [-0.25, -0.2) is 0 Å². The Kier molecular flexibility index (Phi) is 3.08. The molecule has 0 saturated carbocycles. The second-order valence-corrected chi connectivity index (χ2v) is 3.47. The number of aromatic hydroxyl groups is 1. The number of ether oxygens (including phenoxy) is 2. The van der Waals surface area contributed by atoms with Gasteiger partial charge >= 0.3 is 0 Å². The van der Waals surface area contributed by atoms with Gasteiger partial charge in [0.15, 0.2) is 0 Å². The molecule has 1 aromatic rings. The Morgan fingerprint density at radius 3 is 3.07 bits per heavy atom. The fourth-order valence-corrected chi connectivity index (χ4v) is 1.81. The number of rotatable bonds is 2. The number of hydrogen-bond acceptors (Lipinski definition) is 4. The molecule has 0 spiro atoms. The highest BCUT2D eigenvalue weighted by molar-refractivity contribution is 5.46. The van der Waals surface area contributed by atoms with Crippen molar-refractivity contribution in [2.24, 2.45) is 0 Å². The standard InChI is InChI=1S/C11H15NO3/c1-14-10-4-2-3-9(13)11(10)8-7-15-6-5-12-8/h2-4,8,12-13H,5-7H2,1H3/t8-/m0/s1. The molecular formula is C11H15NO3. The van der Waals surface area contributed by atoms with Crippen LogP contribution in [0.3, 0.4) is 0 Å². The van der Waals surface area contributed by atoms with E-state index in [1.165, 1.54) is 0 Å². The lowest BCUT2D eigenvalue weighted by molar-refractivity contribution is 0.0752. The van der Waals surface area contributed by atoms with Crippen LogP contribution in [0.5, 0.6) is 11.5 Å². The third-order valence-electron chi connectivity index (χ3n) is 2.53. The number of phenolic OH excluding ortho intramolecular Hbond substituents is 1. The molecule has 0 amide bonds. The molecule has 4 nitrogen and oxygen atoms in total. The van der Waals surface area contributed by atoms with Crippen LogP contribution in [-0.4, -0.2) is 32.0 Å². The van der Waals surface area contributed by atoms with E-state index in [4.69, 9.17) is 9.47 Å². The molecule has 1 aromatic carbocycles. The number of nitrogens with one attached hydrogen (secondary N) is 1. The summed E-state index contributed by atoms with van der Waals surface area (Å²) < 4.78 is 10.6. The lowest BCUT2D eigenvalue weighted by Gasteiger charge is -2.26. The summed E-state index contributed by atoms with van der Waals surface area (Å²) in [6, 6.07) is 5.27. The van der Waals surface area contributed by atoms with Crippen LogP contribution in [0.1, 0.15) is 11.6 Å². The van der Waals surface area contributed by atoms with Crippen molar-refractivity contribution in [3.63, 3.8) is 0 Å². The summed E-state index contributed by atoms with van der Waals surface area (Å²) >= 11 is 0. The van der Waals surface area contributed by atoms with Crippen molar-refractivity contribution in [1.29, 1.82) is 0 Å². The second kappa shape index (κ2) is 4.51. The number of phenols is 1. The monoisotopic (exact) mass is 209 g/mol. The normalized spacial score (nSPS) is 21.3. The summed E-state index contributed by atoms with van der Waals surface area (Å²) in [5.74, 6) is 0.940. The summed E-state index contributed by atoms with van der Waals surface area (Å²) in [6.07, 6.45) is 0. The molecule has 82 valence electrons. The molecule has 0 bridgehead atoms. The zero-order chi connectivity index (χ0) is 10.7. The number of morpholine rings is 1. The van der Waals surface area contributed by atoms with E-state index in [1.807, 2.05) is 6.07 Å². The molecule has 1 fully saturated rings. The van der Waals surface area contributed by atoms with Crippen LogP contribution in [0.4, 0.5) is 0 Å². The van der Waals surface area contributed by atoms with Gasteiger partial charge in [0.25, 0.3) is 0 Å². The third-order valence-corrected chi connectivity index (χ3v) is 2.53. The summed E-state index contributed by atoms with van der Waals surface area (Å²) in [7, 11) is 1.60. The van der Waals surface area contributed by atoms with Crippen molar-refractivity contribution in [2.75, 3.05) is 26.9 Å². The van der Waals surface area contributed by atoms with E-state index in [2.05, 4.69) is 5.32 Å². The van der Waals surface area contributed by atoms with Crippen molar-refractivity contribution in [3.05, 3.63) is 23.8 Å². The summed E-state index contributed by atoms with van der Waals surface area (Å²) in [4.78, 5) is 0. The van der Waals surface area contributed by atoms with Crippen molar-refractivity contribution in [3.8, 4) is 11.5 Å². The topological polar surface area (TPSA) is 50.7 Å². The van der Waals surface area contributed by atoms with Crippen LogP contribution in [0.25, 0.3) is 0 Å². The van der Waals surface area contributed by atoms with Gasteiger partial charge in [0, 0.05) is 6.54 Å². The van der Waals surface area contributed by atoms with Crippen LogP contribution in [0.2, 0.25) is 0 Å². The number of methoxy groups -OCH3 is 1. The molecule has 1 aliphatic rings. The first-order chi connectivity index (χ1) is 7.33. The van der Waals surface area contributed by atoms with Crippen molar-refractivity contribution >= 4 is 0 Å². The highest BCUT2D eigenvalue weighted by atomic mass is 16.5. The number of hydrogen-bond donors (Lipinski definition) is 2. The Morgan fingerprint density at radius 2 is 2.40 bits per heavy atom. The quantitative estimate of drug-likeness (QED) is 0.764. The van der Waals surface area contributed by atoms with E-state index in [0.29, 0.717) is 19.0 Å². The molecular weight excluding hydrogens is 194 g/mol. The number of benzene rings is 1. The first-order valence-corrected chi connectivity index (χ1v) is 5.00. The van der Waals surface area contributed by atoms with Crippen LogP contribution in [0.15, 0.2) is 18.2 Å². The van der Waals surface area contributed by atoms with Gasteiger partial charge < -0.3 is 19.9 Å². The van der Waals surface area contributed by atoms with Gasteiger partial charge in [-0.1, -0.05) is 6.07 Å². The van der Waals surface area contributed by atoms with Gasteiger partial charge in [-0.3, -0.25) is 0 Å². The molecule has 1 atom stereocenters. The SMILES string of the molecule is COc1cccc(O)c1[C@@H]1COCCN1. The molecule has 0 radical (unpaired) electrons. The molecule has 1 saturated heterocycles. The molecule has 2 rings (SSSR count). The highest BCUT2D eigenvalue weighted by Crippen LogP contribution is 2.33. The van der Waals surface area contributed by atoms with Gasteiger partial charge in [-0.15, -0.1) is 0 Å². The van der Waals surface area contributed by atoms with E-state index < -0.39 is 0 Å². The fraction of sp³-hybridized carbons (Fsp3) is 0.455. The van der Waals surface area contributed by atoms with E-state index in [1.54, 1.807) is 19.2 Å². The average Bonchev–Trinajstić information content (AvgIpc) is 2.29. The smallest absolute Gasteiger partial charge is 0.127 e. The molecule has 1 aliphatic heterocycles. The van der Waals surface area contributed by atoms with E-state index in [9.17, 15) is 5.11 Å². The molecule has 4 heteroatoms. The first kappa shape index (κ1) is 10.3. The van der Waals surface area contributed by atoms with Crippen LogP contribution >= 0.6 is 0 Å². The molecule has 0 aromatic heterocycles. The van der Waals surface area contributed by atoms with Crippen molar-refractivity contribution in [1.82, 2.24) is 5.32 Å². The maximum absolute atomic E-state index is 9.80. The van der Waals surface area contributed by atoms with Crippen LogP contribution in [-0.2, 0) is 4.74 Å². The Balaban J connectivity index is 2.31. The van der Waals surface area contributed by atoms with E-state index in [0.717, 1.165) is 12.1 Å². The predicted octanol–water partition coefficient (Wildman–Crippen LogP) is 1.06. The zero-order valence-corrected chi connectivity index (χ0v) is 8.69. The van der Waals surface area contributed by atoms with Crippen molar-refractivity contribution < 1.29 is 14.6 Å². The Labute approximate surface area is 88.8 Å². The van der Waals surface area contributed by atoms with Crippen molar-refractivity contribution in [2.45, 2.75) is 6.04 Å². The lowest BCUT2D eigenvalue weighted by atomic mass is 10.0. The maximum atomic E-state index is 9.80. The summed E-state index contributed by atoms with van der Waals surface area (Å²) in [5.41, 5.74) is 0.778. The largest absolute Gasteiger partial charge is 0.507 e. The molecule has 0 aliphatic carbocycles. The minimum atomic E-state index is 0.00917. The Hall–Kier alpha value is -1.26. The zero-order valence-electron chi connectivity index (χ0n) is 8.69. The van der Waals surface area contributed by atoms with Gasteiger partial charge in [0.1, 0.15) is 11.5 Å². The lowest BCUT2D eigenvalue weighted by Crippen LogP contribution is -2.34. The molecule has 2 N–H and O–H groups in total. The van der Waals surface area contributed by atoms with Gasteiger partial charge in [-0.2, -0.15) is 0 Å². The highest BCUT2D eigenvalue weighted by Gasteiger charge is 2.22. The maximum Gasteiger partial charge on any atom is 0.127 e. The predicted molar refractivity (Wildman–Crippen MR) is 56.2 cm³/mol. The minimum Gasteiger partial charge on any atom is -0.507 e. The van der Waals surface area contributed by atoms with E-state index in [-0.39, 0.29) is 11.8 Å².